The first-order chi connectivity index (χ1) is 14.0. The number of anilines is 1. The van der Waals surface area contributed by atoms with Crippen LogP contribution in [0.5, 0.6) is 0 Å². The Balaban J connectivity index is 1.55. The van der Waals surface area contributed by atoms with Gasteiger partial charge in [0.2, 0.25) is 0 Å². The molecule has 1 aliphatic carbocycles. The number of nitrogens with zero attached hydrogens (tertiary/aromatic N) is 2. The third-order valence-electron chi connectivity index (χ3n) is 6.59. The fraction of sp³-hybridized carbons (Fsp3) is 0.375. The molecule has 0 saturated carbocycles. The molecule has 0 spiro atoms. The normalized spacial score (nSPS) is 17.9. The third-order valence-corrected chi connectivity index (χ3v) is 7.92. The Labute approximate surface area is 176 Å². The summed E-state index contributed by atoms with van der Waals surface area (Å²) in [6.07, 6.45) is 6.99. The number of urea groups is 1. The molecule has 3 heterocycles. The summed E-state index contributed by atoms with van der Waals surface area (Å²) in [4.78, 5) is 17.0. The van der Waals surface area contributed by atoms with E-state index in [-0.39, 0.29) is 12.1 Å². The molecule has 29 heavy (non-hydrogen) atoms. The van der Waals surface area contributed by atoms with Crippen LogP contribution >= 0.6 is 11.3 Å². The van der Waals surface area contributed by atoms with Crippen molar-refractivity contribution in [1.82, 2.24) is 9.47 Å². The maximum Gasteiger partial charge on any atom is 0.322 e. The second-order valence-corrected chi connectivity index (χ2v) is 9.36. The van der Waals surface area contributed by atoms with E-state index in [4.69, 9.17) is 0 Å². The summed E-state index contributed by atoms with van der Waals surface area (Å²) in [6.45, 7) is 6.95. The van der Waals surface area contributed by atoms with Crippen LogP contribution in [-0.4, -0.2) is 15.5 Å². The van der Waals surface area contributed by atoms with Gasteiger partial charge >= 0.3 is 6.03 Å². The lowest BCUT2D eigenvalue weighted by molar-refractivity contribution is 0.189. The molecule has 4 nitrogen and oxygen atoms in total. The number of hydrogen-bond donors (Lipinski definition) is 1. The van der Waals surface area contributed by atoms with Gasteiger partial charge < -0.3 is 14.8 Å². The summed E-state index contributed by atoms with van der Waals surface area (Å²) in [5.74, 6) is 0. The van der Waals surface area contributed by atoms with Crippen molar-refractivity contribution < 1.29 is 4.79 Å². The van der Waals surface area contributed by atoms with E-state index in [2.05, 4.69) is 55.1 Å². The van der Waals surface area contributed by atoms with Gasteiger partial charge in [0.05, 0.1) is 12.6 Å². The van der Waals surface area contributed by atoms with Crippen molar-refractivity contribution in [3.05, 3.63) is 69.4 Å². The predicted molar refractivity (Wildman–Crippen MR) is 119 cm³/mol. The summed E-state index contributed by atoms with van der Waals surface area (Å²) in [5, 5.41) is 4.50. The maximum atomic E-state index is 13.4. The van der Waals surface area contributed by atoms with E-state index in [1.165, 1.54) is 51.5 Å². The van der Waals surface area contributed by atoms with Crippen LogP contribution in [-0.2, 0) is 19.4 Å². The number of carbonyl (C=O) groups is 1. The van der Waals surface area contributed by atoms with Crippen molar-refractivity contribution in [2.45, 2.75) is 59.0 Å². The number of carbonyl (C=O) groups excluding carboxylic acids is 1. The standard InChI is InChI=1S/C24H27N3OS/c1-15-8-6-10-20(16(15)2)25-24(28)27-14-19-18-9-4-5-12-22(18)29-23(19)26-13-7-11-21(26)17(27)3/h6-8,10-11,13,17H,4-5,9,12,14H2,1-3H3,(H,25,28)/t17-/m1/s1. The molecule has 5 heteroatoms. The van der Waals surface area contributed by atoms with E-state index >= 15 is 0 Å². The van der Waals surface area contributed by atoms with E-state index in [0.717, 1.165) is 17.7 Å². The lowest BCUT2D eigenvalue weighted by Crippen LogP contribution is -2.36. The zero-order valence-electron chi connectivity index (χ0n) is 17.3. The highest BCUT2D eigenvalue weighted by Gasteiger charge is 2.33. The van der Waals surface area contributed by atoms with Crippen LogP contribution in [0.25, 0.3) is 5.00 Å². The number of fused-ring (bicyclic) bond motifs is 5. The Morgan fingerprint density at radius 2 is 1.93 bits per heavy atom. The summed E-state index contributed by atoms with van der Waals surface area (Å²) in [7, 11) is 0. The highest BCUT2D eigenvalue weighted by atomic mass is 32.1. The molecule has 2 aliphatic rings. The molecule has 0 bridgehead atoms. The van der Waals surface area contributed by atoms with Crippen LogP contribution in [0.4, 0.5) is 10.5 Å². The molecule has 0 radical (unpaired) electrons. The number of rotatable bonds is 1. The topological polar surface area (TPSA) is 37.3 Å². The van der Waals surface area contributed by atoms with Crippen LogP contribution in [0, 0.1) is 13.8 Å². The molecule has 3 aromatic rings. The molecule has 2 aromatic heterocycles. The van der Waals surface area contributed by atoms with E-state index in [0.29, 0.717) is 6.54 Å². The number of aryl methyl sites for hydroxylation is 2. The van der Waals surface area contributed by atoms with Gasteiger partial charge in [-0.15, -0.1) is 11.3 Å². The fourth-order valence-corrected chi connectivity index (χ4v) is 6.09. The highest BCUT2D eigenvalue weighted by Crippen LogP contribution is 2.42. The molecule has 1 atom stereocenters. The van der Waals surface area contributed by atoms with Crippen LogP contribution in [0.2, 0.25) is 0 Å². The fourth-order valence-electron chi connectivity index (χ4n) is 4.68. The van der Waals surface area contributed by atoms with Crippen LogP contribution in [0.3, 0.4) is 0 Å². The largest absolute Gasteiger partial charge is 0.322 e. The summed E-state index contributed by atoms with van der Waals surface area (Å²) in [6, 6.07) is 10.3. The minimum Gasteiger partial charge on any atom is -0.312 e. The van der Waals surface area contributed by atoms with Crippen LogP contribution in [0.1, 0.15) is 58.6 Å². The highest BCUT2D eigenvalue weighted by molar-refractivity contribution is 7.15. The predicted octanol–water partition coefficient (Wildman–Crippen LogP) is 6.14. The second-order valence-electron chi connectivity index (χ2n) is 8.28. The Morgan fingerprint density at radius 1 is 1.10 bits per heavy atom. The molecule has 0 fully saturated rings. The van der Waals surface area contributed by atoms with Crippen LogP contribution < -0.4 is 5.32 Å². The third kappa shape index (κ3) is 2.99. The average Bonchev–Trinajstić information content (AvgIpc) is 3.31. The van der Waals surface area contributed by atoms with Gasteiger partial charge in [-0.2, -0.15) is 0 Å². The van der Waals surface area contributed by atoms with Gasteiger partial charge in [-0.05, 0) is 81.3 Å². The molecule has 1 aromatic carbocycles. The quantitative estimate of drug-likeness (QED) is 0.518. The van der Waals surface area contributed by atoms with Crippen LogP contribution in [0.15, 0.2) is 36.5 Å². The van der Waals surface area contributed by atoms with E-state index in [1.807, 2.05) is 28.4 Å². The zero-order chi connectivity index (χ0) is 20.1. The minimum absolute atomic E-state index is 0.00829. The van der Waals surface area contributed by atoms with Gasteiger partial charge in [-0.1, -0.05) is 12.1 Å². The monoisotopic (exact) mass is 405 g/mol. The summed E-state index contributed by atoms with van der Waals surface area (Å²) >= 11 is 1.93. The molecule has 0 unspecified atom stereocenters. The van der Waals surface area contributed by atoms with Gasteiger partial charge in [-0.3, -0.25) is 0 Å². The lowest BCUT2D eigenvalue weighted by atomic mass is 9.95. The minimum atomic E-state index is -0.0254. The van der Waals surface area contributed by atoms with Crippen molar-refractivity contribution in [2.24, 2.45) is 0 Å². The summed E-state index contributed by atoms with van der Waals surface area (Å²) < 4.78 is 2.31. The average molecular weight is 406 g/mol. The van der Waals surface area contributed by atoms with Gasteiger partial charge in [0.1, 0.15) is 5.00 Å². The lowest BCUT2D eigenvalue weighted by Gasteiger charge is -2.29. The van der Waals surface area contributed by atoms with Crippen molar-refractivity contribution >= 4 is 23.1 Å². The Kier molecular flexibility index (Phi) is 4.50. The molecular weight excluding hydrogens is 378 g/mol. The Morgan fingerprint density at radius 3 is 2.79 bits per heavy atom. The Hall–Kier alpha value is -2.53. The molecule has 0 saturated heterocycles. The van der Waals surface area contributed by atoms with E-state index < -0.39 is 0 Å². The SMILES string of the molecule is Cc1cccc(NC(=O)N2Cc3c(sc4c3CCCC4)-n3cccc3[C@H]2C)c1C. The molecule has 2 amide bonds. The molecule has 150 valence electrons. The first kappa shape index (κ1) is 18.5. The van der Waals surface area contributed by atoms with Gasteiger partial charge in [0, 0.05) is 28.0 Å². The zero-order valence-corrected chi connectivity index (χ0v) is 18.1. The van der Waals surface area contributed by atoms with Crippen molar-refractivity contribution in [3.63, 3.8) is 0 Å². The smallest absolute Gasteiger partial charge is 0.312 e. The first-order valence-corrected chi connectivity index (χ1v) is 11.3. The molecule has 1 aliphatic heterocycles. The van der Waals surface area contributed by atoms with Gasteiger partial charge in [0.25, 0.3) is 0 Å². The number of benzene rings is 1. The van der Waals surface area contributed by atoms with Gasteiger partial charge in [-0.25, -0.2) is 4.79 Å². The van der Waals surface area contributed by atoms with E-state index in [1.54, 1.807) is 0 Å². The Bertz CT molecular complexity index is 1090. The molecule has 5 rings (SSSR count). The van der Waals surface area contributed by atoms with Crippen molar-refractivity contribution in [2.75, 3.05) is 5.32 Å². The maximum absolute atomic E-state index is 13.4. The molecule has 1 N–H and O–H groups in total. The second kappa shape index (κ2) is 7.06. The number of hydrogen-bond acceptors (Lipinski definition) is 2. The van der Waals surface area contributed by atoms with Crippen molar-refractivity contribution in [1.29, 1.82) is 0 Å². The van der Waals surface area contributed by atoms with E-state index in [9.17, 15) is 4.79 Å². The number of aromatic nitrogens is 1. The number of nitrogens with one attached hydrogen (secondary N) is 1. The number of thiophene rings is 1. The molecular formula is C24H27N3OS. The van der Waals surface area contributed by atoms with Crippen molar-refractivity contribution in [3.8, 4) is 5.00 Å². The first-order valence-electron chi connectivity index (χ1n) is 10.5. The van der Waals surface area contributed by atoms with Gasteiger partial charge in [0.15, 0.2) is 0 Å². The summed E-state index contributed by atoms with van der Waals surface area (Å²) in [5.41, 5.74) is 7.24. The number of amides is 2.